The van der Waals surface area contributed by atoms with Gasteiger partial charge in [-0.05, 0) is 50.4 Å². The van der Waals surface area contributed by atoms with E-state index in [1.807, 2.05) is 0 Å². The maximum atomic E-state index is 12.8. The molecule has 0 aromatic heterocycles. The molecule has 1 saturated heterocycles. The second-order valence-corrected chi connectivity index (χ2v) is 8.93. The van der Waals surface area contributed by atoms with Crippen LogP contribution in [0.1, 0.15) is 45.4 Å². The fourth-order valence-electron chi connectivity index (χ4n) is 6.10. The summed E-state index contributed by atoms with van der Waals surface area (Å²) < 4.78 is 5.44. The Morgan fingerprint density at radius 1 is 1.00 bits per heavy atom. The molecule has 0 aromatic rings. The Balaban J connectivity index is 1.32. The van der Waals surface area contributed by atoms with Crippen molar-refractivity contribution in [2.45, 2.75) is 51.0 Å². The van der Waals surface area contributed by atoms with E-state index in [-0.39, 0.29) is 24.4 Å². The minimum Gasteiger partial charge on any atom is -0.455 e. The van der Waals surface area contributed by atoms with Crippen molar-refractivity contribution in [1.82, 2.24) is 9.80 Å². The first-order valence-corrected chi connectivity index (χ1v) is 9.72. The van der Waals surface area contributed by atoms with E-state index in [4.69, 9.17) is 4.74 Å². The zero-order valence-electron chi connectivity index (χ0n) is 15.4. The molecule has 0 radical (unpaired) electrons. The summed E-state index contributed by atoms with van der Waals surface area (Å²) in [5.74, 6) is 0.322. The van der Waals surface area contributed by atoms with E-state index < -0.39 is 11.0 Å². The van der Waals surface area contributed by atoms with Crippen molar-refractivity contribution < 1.29 is 24.2 Å². The SMILES string of the molecule is CC(=O)N1CCN(C(=O)COC(=O)C23C[C@H]4C[C@@H](CC(O)(C4)C2)C3)CC1. The highest BCUT2D eigenvalue weighted by molar-refractivity contribution is 5.83. The van der Waals surface area contributed by atoms with Gasteiger partial charge in [0.15, 0.2) is 6.61 Å². The van der Waals surface area contributed by atoms with Crippen molar-refractivity contribution in [2.75, 3.05) is 32.8 Å². The lowest BCUT2D eigenvalue weighted by Crippen LogP contribution is -2.58. The normalized spacial score (nSPS) is 38.4. The summed E-state index contributed by atoms with van der Waals surface area (Å²) >= 11 is 0. The van der Waals surface area contributed by atoms with Gasteiger partial charge in [0, 0.05) is 33.1 Å². The molecule has 7 heteroatoms. The summed E-state index contributed by atoms with van der Waals surface area (Å²) in [4.78, 5) is 39.9. The molecule has 5 rings (SSSR count). The number of carbonyl (C=O) groups excluding carboxylic acids is 3. The van der Waals surface area contributed by atoms with Crippen molar-refractivity contribution in [3.05, 3.63) is 0 Å². The van der Waals surface area contributed by atoms with Crippen molar-refractivity contribution in [2.24, 2.45) is 17.3 Å². The molecule has 2 amide bonds. The molecule has 1 aliphatic heterocycles. The van der Waals surface area contributed by atoms with E-state index in [1.165, 1.54) is 6.92 Å². The van der Waals surface area contributed by atoms with Crippen LogP contribution in [0.25, 0.3) is 0 Å². The van der Waals surface area contributed by atoms with E-state index in [0.717, 1.165) is 32.1 Å². The monoisotopic (exact) mass is 364 g/mol. The van der Waals surface area contributed by atoms with Crippen LogP contribution in [0, 0.1) is 17.3 Å². The number of rotatable bonds is 3. The molecular formula is C19H28N2O5. The fourth-order valence-corrected chi connectivity index (χ4v) is 6.10. The van der Waals surface area contributed by atoms with Gasteiger partial charge < -0.3 is 19.6 Å². The van der Waals surface area contributed by atoms with Gasteiger partial charge in [0.05, 0.1) is 11.0 Å². The van der Waals surface area contributed by atoms with Gasteiger partial charge >= 0.3 is 5.97 Å². The summed E-state index contributed by atoms with van der Waals surface area (Å²) in [6.45, 7) is 3.29. The van der Waals surface area contributed by atoms with E-state index in [9.17, 15) is 19.5 Å². The Bertz CT molecular complexity index is 611. The number of carbonyl (C=O) groups is 3. The summed E-state index contributed by atoms with van der Waals surface area (Å²) in [7, 11) is 0. The lowest BCUT2D eigenvalue weighted by Gasteiger charge is -2.58. The summed E-state index contributed by atoms with van der Waals surface area (Å²) in [6, 6.07) is 0. The standard InChI is InChI=1S/C19H28N2O5/c1-13(22)20-2-4-21(5-3-20)16(23)11-26-17(24)18-7-14-6-15(8-18)10-19(25,9-14)12-18/h14-15,25H,2-12H2,1H3/t14-,15-,18?,19?/m1/s1. The van der Waals surface area contributed by atoms with Crippen molar-refractivity contribution in [3.63, 3.8) is 0 Å². The van der Waals surface area contributed by atoms with Gasteiger partial charge in [-0.15, -0.1) is 0 Å². The molecule has 1 heterocycles. The van der Waals surface area contributed by atoms with Gasteiger partial charge in [-0.2, -0.15) is 0 Å². The average Bonchev–Trinajstić information content (AvgIpc) is 2.57. The van der Waals surface area contributed by atoms with Crippen molar-refractivity contribution >= 4 is 17.8 Å². The molecule has 5 fully saturated rings. The first-order valence-electron chi connectivity index (χ1n) is 9.72. The first-order chi connectivity index (χ1) is 12.3. The second-order valence-electron chi connectivity index (χ2n) is 8.93. The number of nitrogens with zero attached hydrogens (tertiary/aromatic N) is 2. The molecule has 4 bridgehead atoms. The van der Waals surface area contributed by atoms with Crippen LogP contribution in [0.3, 0.4) is 0 Å². The van der Waals surface area contributed by atoms with Crippen LogP contribution in [-0.4, -0.2) is 71.1 Å². The topological polar surface area (TPSA) is 87.2 Å². The summed E-state index contributed by atoms with van der Waals surface area (Å²) in [6.07, 6.45) is 4.77. The average molecular weight is 364 g/mol. The van der Waals surface area contributed by atoms with E-state index in [1.54, 1.807) is 9.80 Å². The number of amides is 2. The fraction of sp³-hybridized carbons (Fsp3) is 0.842. The Hall–Kier alpha value is -1.63. The van der Waals surface area contributed by atoms with Crippen LogP contribution >= 0.6 is 0 Å². The van der Waals surface area contributed by atoms with Crippen LogP contribution < -0.4 is 0 Å². The minimum atomic E-state index is -0.712. The highest BCUT2D eigenvalue weighted by atomic mass is 16.5. The van der Waals surface area contributed by atoms with Crippen LogP contribution in [0.2, 0.25) is 0 Å². The lowest BCUT2D eigenvalue weighted by atomic mass is 9.48. The number of hydrogen-bond acceptors (Lipinski definition) is 5. The van der Waals surface area contributed by atoms with Crippen LogP contribution in [0.4, 0.5) is 0 Å². The Morgan fingerprint density at radius 3 is 2.12 bits per heavy atom. The number of hydrogen-bond donors (Lipinski definition) is 1. The quantitative estimate of drug-likeness (QED) is 0.739. The third-order valence-corrected chi connectivity index (χ3v) is 6.87. The number of aliphatic hydroxyl groups is 1. The second kappa shape index (κ2) is 6.22. The number of ether oxygens (including phenoxy) is 1. The summed E-state index contributed by atoms with van der Waals surface area (Å²) in [5, 5.41) is 10.8. The molecule has 0 spiro atoms. The molecule has 26 heavy (non-hydrogen) atoms. The highest BCUT2D eigenvalue weighted by Gasteiger charge is 2.60. The minimum absolute atomic E-state index is 0.0169. The van der Waals surface area contributed by atoms with Gasteiger partial charge in [0.25, 0.3) is 5.91 Å². The first kappa shape index (κ1) is 17.8. The van der Waals surface area contributed by atoms with Crippen LogP contribution in [0.5, 0.6) is 0 Å². The molecule has 0 aromatic carbocycles. The zero-order chi connectivity index (χ0) is 18.5. The van der Waals surface area contributed by atoms with Gasteiger partial charge in [-0.3, -0.25) is 14.4 Å². The number of esters is 1. The molecule has 7 nitrogen and oxygen atoms in total. The zero-order valence-corrected chi connectivity index (χ0v) is 15.4. The van der Waals surface area contributed by atoms with Crippen LogP contribution in [0.15, 0.2) is 0 Å². The molecule has 2 atom stereocenters. The molecule has 144 valence electrons. The summed E-state index contributed by atoms with van der Waals surface area (Å²) in [5.41, 5.74) is -1.30. The van der Waals surface area contributed by atoms with Gasteiger partial charge in [0.1, 0.15) is 0 Å². The smallest absolute Gasteiger partial charge is 0.312 e. The van der Waals surface area contributed by atoms with Gasteiger partial charge in [0.2, 0.25) is 5.91 Å². The van der Waals surface area contributed by atoms with E-state index in [0.29, 0.717) is 44.4 Å². The number of piperazine rings is 1. The Morgan fingerprint density at radius 2 is 1.58 bits per heavy atom. The van der Waals surface area contributed by atoms with Gasteiger partial charge in [-0.1, -0.05) is 0 Å². The third-order valence-electron chi connectivity index (χ3n) is 6.87. The lowest BCUT2D eigenvalue weighted by molar-refractivity contribution is -0.197. The molecule has 0 unspecified atom stereocenters. The van der Waals surface area contributed by atoms with E-state index in [2.05, 4.69) is 0 Å². The highest BCUT2D eigenvalue weighted by Crippen LogP contribution is 2.61. The Labute approximate surface area is 153 Å². The molecule has 4 saturated carbocycles. The largest absolute Gasteiger partial charge is 0.455 e. The molecule has 4 aliphatic carbocycles. The molecular weight excluding hydrogens is 336 g/mol. The maximum Gasteiger partial charge on any atom is 0.312 e. The van der Waals surface area contributed by atoms with Crippen molar-refractivity contribution in [3.8, 4) is 0 Å². The van der Waals surface area contributed by atoms with Gasteiger partial charge in [-0.25, -0.2) is 0 Å². The molecule has 1 N–H and O–H groups in total. The molecule has 5 aliphatic rings. The van der Waals surface area contributed by atoms with E-state index >= 15 is 0 Å². The predicted molar refractivity (Wildman–Crippen MR) is 91.9 cm³/mol. The van der Waals surface area contributed by atoms with Crippen LogP contribution in [-0.2, 0) is 19.1 Å². The predicted octanol–water partition coefficient (Wildman–Crippen LogP) is 0.552. The Kier molecular flexibility index (Phi) is 4.25. The maximum absolute atomic E-state index is 12.8. The van der Waals surface area contributed by atoms with Crippen molar-refractivity contribution in [1.29, 1.82) is 0 Å². The third kappa shape index (κ3) is 3.10.